The Labute approximate surface area is 173 Å². The van der Waals surface area contributed by atoms with Gasteiger partial charge >= 0.3 is 12.0 Å². The topological polar surface area (TPSA) is 87.3 Å². The zero-order valence-electron chi connectivity index (χ0n) is 15.8. The lowest BCUT2D eigenvalue weighted by Gasteiger charge is -2.36. The van der Waals surface area contributed by atoms with Crippen LogP contribution >= 0.6 is 23.4 Å². The second-order valence-electron chi connectivity index (χ2n) is 6.44. The molecule has 0 aliphatic carbocycles. The lowest BCUT2D eigenvalue weighted by molar-refractivity contribution is -0.142. The molecule has 3 rings (SSSR count). The van der Waals surface area contributed by atoms with E-state index < -0.39 is 18.1 Å². The maximum absolute atomic E-state index is 13.1. The second kappa shape index (κ2) is 9.34. The molecule has 0 fully saturated rings. The van der Waals surface area contributed by atoms with Gasteiger partial charge in [0.15, 0.2) is 0 Å². The van der Waals surface area contributed by atoms with Crippen molar-refractivity contribution in [3.63, 3.8) is 0 Å². The first kappa shape index (κ1) is 20.5. The van der Waals surface area contributed by atoms with E-state index in [1.54, 1.807) is 29.1 Å². The number of esters is 1. The molecule has 2 aromatic rings. The highest BCUT2D eigenvalue weighted by Gasteiger charge is 2.36. The van der Waals surface area contributed by atoms with Gasteiger partial charge in [-0.1, -0.05) is 29.8 Å². The van der Waals surface area contributed by atoms with Crippen LogP contribution in [0.4, 0.5) is 4.79 Å². The summed E-state index contributed by atoms with van der Waals surface area (Å²) >= 11 is 8.04. The third-order valence-corrected chi connectivity index (χ3v) is 5.77. The fourth-order valence-electron chi connectivity index (χ4n) is 3.37. The SMILES string of the molecule is COC(=O)[C@@H](CCSC)NC(=O)N1CCc2[nH]cnc2[C@H]1c1ccccc1Cl. The van der Waals surface area contributed by atoms with Crippen molar-refractivity contribution in [2.75, 3.05) is 25.7 Å². The smallest absolute Gasteiger partial charge is 0.328 e. The molecule has 28 heavy (non-hydrogen) atoms. The summed E-state index contributed by atoms with van der Waals surface area (Å²) < 4.78 is 4.85. The molecule has 0 bridgehead atoms. The van der Waals surface area contributed by atoms with Crippen molar-refractivity contribution in [1.29, 1.82) is 0 Å². The highest BCUT2D eigenvalue weighted by atomic mass is 35.5. The number of imidazole rings is 1. The summed E-state index contributed by atoms with van der Waals surface area (Å²) in [5.74, 6) is 0.284. The first-order valence-corrected chi connectivity index (χ1v) is 10.7. The Morgan fingerprint density at radius 1 is 1.46 bits per heavy atom. The Balaban J connectivity index is 1.89. The molecule has 0 saturated heterocycles. The quantitative estimate of drug-likeness (QED) is 0.699. The van der Waals surface area contributed by atoms with Gasteiger partial charge < -0.3 is 19.9 Å². The number of thioether (sulfide) groups is 1. The van der Waals surface area contributed by atoms with Crippen LogP contribution in [0.25, 0.3) is 0 Å². The van der Waals surface area contributed by atoms with E-state index in [-0.39, 0.29) is 6.03 Å². The monoisotopic (exact) mass is 422 g/mol. The van der Waals surface area contributed by atoms with E-state index in [9.17, 15) is 9.59 Å². The van der Waals surface area contributed by atoms with Gasteiger partial charge in [-0.05, 0) is 30.1 Å². The molecular formula is C19H23ClN4O3S. The number of ether oxygens (including phenoxy) is 1. The van der Waals surface area contributed by atoms with E-state index in [2.05, 4.69) is 15.3 Å². The second-order valence-corrected chi connectivity index (χ2v) is 7.83. The number of aromatic amines is 1. The Kier molecular flexibility index (Phi) is 6.85. The van der Waals surface area contributed by atoms with E-state index in [4.69, 9.17) is 16.3 Å². The van der Waals surface area contributed by atoms with Crippen molar-refractivity contribution in [3.05, 3.63) is 52.6 Å². The molecule has 1 aromatic carbocycles. The predicted octanol–water partition coefficient (Wildman–Crippen LogP) is 3.01. The first-order valence-electron chi connectivity index (χ1n) is 8.97. The zero-order valence-corrected chi connectivity index (χ0v) is 17.3. The molecule has 2 amide bonds. The molecular weight excluding hydrogens is 400 g/mol. The third-order valence-electron chi connectivity index (χ3n) is 4.78. The minimum absolute atomic E-state index is 0.338. The van der Waals surface area contributed by atoms with E-state index in [1.165, 1.54) is 7.11 Å². The molecule has 2 N–H and O–H groups in total. The van der Waals surface area contributed by atoms with Gasteiger partial charge in [0.05, 0.1) is 19.1 Å². The number of benzene rings is 1. The molecule has 7 nitrogen and oxygen atoms in total. The van der Waals surface area contributed by atoms with Crippen molar-refractivity contribution >= 4 is 35.4 Å². The van der Waals surface area contributed by atoms with Gasteiger partial charge in [-0.2, -0.15) is 11.8 Å². The number of urea groups is 1. The van der Waals surface area contributed by atoms with Crippen molar-refractivity contribution < 1.29 is 14.3 Å². The van der Waals surface area contributed by atoms with Gasteiger partial charge in [0.25, 0.3) is 0 Å². The Morgan fingerprint density at radius 2 is 2.25 bits per heavy atom. The van der Waals surface area contributed by atoms with Gasteiger partial charge in [-0.3, -0.25) is 0 Å². The number of hydrogen-bond donors (Lipinski definition) is 2. The van der Waals surface area contributed by atoms with Gasteiger partial charge in [-0.25, -0.2) is 14.6 Å². The summed E-state index contributed by atoms with van der Waals surface area (Å²) in [6, 6.07) is 5.95. The van der Waals surface area contributed by atoms with Gasteiger partial charge in [0.2, 0.25) is 0 Å². The highest BCUT2D eigenvalue weighted by Crippen LogP contribution is 2.36. The summed E-state index contributed by atoms with van der Waals surface area (Å²) in [5, 5.41) is 3.40. The number of rotatable bonds is 6. The molecule has 2 heterocycles. The van der Waals surface area contributed by atoms with Crippen LogP contribution in [-0.2, 0) is 16.0 Å². The largest absolute Gasteiger partial charge is 0.467 e. The molecule has 0 unspecified atom stereocenters. The number of H-pyrrole nitrogens is 1. The molecule has 0 spiro atoms. The molecule has 1 aliphatic rings. The number of fused-ring (bicyclic) bond motifs is 1. The number of amides is 2. The summed E-state index contributed by atoms with van der Waals surface area (Å²) in [6.07, 6.45) is 4.73. The number of carbonyl (C=O) groups excluding carboxylic acids is 2. The van der Waals surface area contributed by atoms with Crippen LogP contribution in [0.2, 0.25) is 5.02 Å². The number of aromatic nitrogens is 2. The van der Waals surface area contributed by atoms with Crippen LogP contribution < -0.4 is 5.32 Å². The summed E-state index contributed by atoms with van der Waals surface area (Å²) in [7, 11) is 1.32. The summed E-state index contributed by atoms with van der Waals surface area (Å²) in [4.78, 5) is 34.5. The highest BCUT2D eigenvalue weighted by molar-refractivity contribution is 7.98. The number of nitrogens with zero attached hydrogens (tertiary/aromatic N) is 2. The van der Waals surface area contributed by atoms with E-state index in [0.29, 0.717) is 24.4 Å². The first-order chi connectivity index (χ1) is 13.6. The van der Waals surface area contributed by atoms with Crippen molar-refractivity contribution in [1.82, 2.24) is 20.2 Å². The molecule has 1 aliphatic heterocycles. The number of nitrogens with one attached hydrogen (secondary N) is 2. The summed E-state index contributed by atoms with van der Waals surface area (Å²) in [6.45, 7) is 0.480. The number of hydrogen-bond acceptors (Lipinski definition) is 5. The zero-order chi connectivity index (χ0) is 20.1. The minimum Gasteiger partial charge on any atom is -0.467 e. The normalized spacial score (nSPS) is 17.0. The van der Waals surface area contributed by atoms with Crippen LogP contribution in [0.5, 0.6) is 0 Å². The van der Waals surface area contributed by atoms with Crippen LogP contribution in [0.15, 0.2) is 30.6 Å². The van der Waals surface area contributed by atoms with Crippen LogP contribution in [-0.4, -0.2) is 58.6 Å². The van der Waals surface area contributed by atoms with Crippen molar-refractivity contribution in [2.45, 2.75) is 24.9 Å². The van der Waals surface area contributed by atoms with Gasteiger partial charge in [-0.15, -0.1) is 0 Å². The molecule has 9 heteroatoms. The van der Waals surface area contributed by atoms with Crippen molar-refractivity contribution in [3.8, 4) is 0 Å². The average molecular weight is 423 g/mol. The molecule has 0 radical (unpaired) electrons. The lowest BCUT2D eigenvalue weighted by Crippen LogP contribution is -2.51. The van der Waals surface area contributed by atoms with E-state index >= 15 is 0 Å². The Morgan fingerprint density at radius 3 is 2.96 bits per heavy atom. The van der Waals surface area contributed by atoms with Gasteiger partial charge in [0, 0.05) is 23.7 Å². The molecule has 2 atom stereocenters. The number of carbonyl (C=O) groups is 2. The maximum Gasteiger partial charge on any atom is 0.328 e. The van der Waals surface area contributed by atoms with Crippen LogP contribution in [0, 0.1) is 0 Å². The van der Waals surface area contributed by atoms with E-state index in [1.807, 2.05) is 24.5 Å². The van der Waals surface area contributed by atoms with Gasteiger partial charge in [0.1, 0.15) is 12.1 Å². The third kappa shape index (κ3) is 4.28. The lowest BCUT2D eigenvalue weighted by atomic mass is 9.96. The average Bonchev–Trinajstić information content (AvgIpc) is 3.19. The number of halogens is 1. The molecule has 150 valence electrons. The molecule has 0 saturated carbocycles. The van der Waals surface area contributed by atoms with E-state index in [0.717, 1.165) is 22.7 Å². The minimum atomic E-state index is -0.697. The Bertz CT molecular complexity index is 844. The molecule has 1 aromatic heterocycles. The standard InChI is InChI=1S/C19H23ClN4O3S/c1-27-18(25)15(8-10-28-2)23-19(26)24-9-7-14-16(22-11-21-14)17(24)12-5-3-4-6-13(12)20/h3-6,11,15,17H,7-10H2,1-2H3,(H,21,22)(H,23,26)/t15-,17-/m1/s1. The van der Waals surface area contributed by atoms with Crippen molar-refractivity contribution in [2.24, 2.45) is 0 Å². The fourth-order valence-corrected chi connectivity index (χ4v) is 4.08. The summed E-state index contributed by atoms with van der Waals surface area (Å²) in [5.41, 5.74) is 2.56. The maximum atomic E-state index is 13.1. The van der Waals surface area contributed by atoms with Crippen LogP contribution in [0.1, 0.15) is 29.4 Å². The van der Waals surface area contributed by atoms with Crippen LogP contribution in [0.3, 0.4) is 0 Å². The fraction of sp³-hybridized carbons (Fsp3) is 0.421. The predicted molar refractivity (Wildman–Crippen MR) is 110 cm³/mol. The Hall–Kier alpha value is -2.19. The number of methoxy groups -OCH3 is 1.